The predicted octanol–water partition coefficient (Wildman–Crippen LogP) is 2.26. The van der Waals surface area contributed by atoms with Gasteiger partial charge in [0.2, 0.25) is 0 Å². The molecule has 1 saturated carbocycles. The van der Waals surface area contributed by atoms with Gasteiger partial charge in [-0.05, 0) is 30.5 Å². The third kappa shape index (κ3) is 2.64. The van der Waals surface area contributed by atoms with Gasteiger partial charge in [0.25, 0.3) is 0 Å². The van der Waals surface area contributed by atoms with Crippen LogP contribution in [0.5, 0.6) is 0 Å². The lowest BCUT2D eigenvalue weighted by atomic mass is 10.1. The first kappa shape index (κ1) is 12.9. The molecule has 0 unspecified atom stereocenters. The lowest BCUT2D eigenvalue weighted by molar-refractivity contribution is -0.137. The molecule has 1 aromatic rings. The highest BCUT2D eigenvalue weighted by atomic mass is 19.4. The van der Waals surface area contributed by atoms with Crippen LogP contribution in [-0.4, -0.2) is 11.4 Å². The molecule has 1 fully saturated rings. The fourth-order valence-electron chi connectivity index (χ4n) is 1.75. The molecule has 2 rings (SSSR count). The molecule has 3 nitrogen and oxygen atoms in total. The van der Waals surface area contributed by atoms with Crippen molar-refractivity contribution in [3.63, 3.8) is 0 Å². The van der Waals surface area contributed by atoms with E-state index in [-0.39, 0.29) is 5.84 Å². The molecule has 0 heterocycles. The van der Waals surface area contributed by atoms with Crippen LogP contribution in [0.3, 0.4) is 0 Å². The summed E-state index contributed by atoms with van der Waals surface area (Å²) in [6, 6.07) is 4.99. The summed E-state index contributed by atoms with van der Waals surface area (Å²) in [5, 5.41) is 10.5. The van der Waals surface area contributed by atoms with Crippen LogP contribution in [-0.2, 0) is 12.7 Å². The van der Waals surface area contributed by atoms with Gasteiger partial charge in [-0.15, -0.1) is 0 Å². The Labute approximate surface area is 103 Å². The van der Waals surface area contributed by atoms with Crippen molar-refractivity contribution in [2.24, 2.45) is 5.73 Å². The van der Waals surface area contributed by atoms with Crippen LogP contribution in [0.2, 0.25) is 0 Å². The normalized spacial score (nSPS) is 17.5. The summed E-state index contributed by atoms with van der Waals surface area (Å²) in [6.07, 6.45) is -2.69. The first-order valence-electron chi connectivity index (χ1n) is 5.59. The molecule has 18 heavy (non-hydrogen) atoms. The second kappa shape index (κ2) is 4.28. The second-order valence-corrected chi connectivity index (χ2v) is 4.54. The van der Waals surface area contributed by atoms with Gasteiger partial charge >= 0.3 is 6.18 Å². The van der Waals surface area contributed by atoms with Gasteiger partial charge in [0.1, 0.15) is 5.84 Å². The molecule has 0 atom stereocenters. The van der Waals surface area contributed by atoms with Crippen molar-refractivity contribution in [1.29, 1.82) is 5.41 Å². The van der Waals surface area contributed by atoms with E-state index >= 15 is 0 Å². The molecule has 0 radical (unpaired) electrons. The average Bonchev–Trinajstić information content (AvgIpc) is 3.07. The van der Waals surface area contributed by atoms with Crippen LogP contribution in [0.15, 0.2) is 24.3 Å². The number of hydrogen-bond acceptors (Lipinski definition) is 2. The number of rotatable bonds is 4. The van der Waals surface area contributed by atoms with Gasteiger partial charge in [0.15, 0.2) is 0 Å². The summed E-state index contributed by atoms with van der Waals surface area (Å²) in [6.45, 7) is 0.414. The summed E-state index contributed by atoms with van der Waals surface area (Å²) in [5.74, 6) is 0.0920. The van der Waals surface area contributed by atoms with Crippen molar-refractivity contribution in [3.8, 4) is 0 Å². The minimum absolute atomic E-state index is 0.0920. The van der Waals surface area contributed by atoms with Crippen molar-refractivity contribution < 1.29 is 13.2 Å². The maximum atomic E-state index is 12.4. The number of amidine groups is 1. The van der Waals surface area contributed by atoms with Crippen LogP contribution in [0, 0.1) is 5.41 Å². The number of nitrogens with two attached hydrogens (primary N) is 1. The van der Waals surface area contributed by atoms with Gasteiger partial charge < -0.3 is 11.1 Å². The molecule has 1 aliphatic carbocycles. The van der Waals surface area contributed by atoms with E-state index < -0.39 is 17.3 Å². The molecule has 4 N–H and O–H groups in total. The highest BCUT2D eigenvalue weighted by Gasteiger charge is 2.45. The van der Waals surface area contributed by atoms with Crippen LogP contribution in [0.25, 0.3) is 0 Å². The third-order valence-corrected chi connectivity index (χ3v) is 3.18. The zero-order valence-corrected chi connectivity index (χ0v) is 9.64. The number of halogens is 3. The van der Waals surface area contributed by atoms with E-state index in [1.54, 1.807) is 0 Å². The molecule has 0 aromatic heterocycles. The van der Waals surface area contributed by atoms with Crippen LogP contribution in [0.1, 0.15) is 24.0 Å². The number of alkyl halides is 3. The zero-order chi connectivity index (χ0) is 13.4. The number of nitrogens with one attached hydrogen (secondary N) is 2. The van der Waals surface area contributed by atoms with E-state index in [4.69, 9.17) is 11.1 Å². The Kier molecular flexibility index (Phi) is 3.06. The summed E-state index contributed by atoms with van der Waals surface area (Å²) in [4.78, 5) is 0. The summed E-state index contributed by atoms with van der Waals surface area (Å²) in [5.41, 5.74) is 5.11. The number of hydrogen-bond donors (Lipinski definition) is 3. The minimum Gasteiger partial charge on any atom is -0.386 e. The van der Waals surface area contributed by atoms with Gasteiger partial charge in [-0.25, -0.2) is 0 Å². The lowest BCUT2D eigenvalue weighted by Crippen LogP contribution is -2.42. The van der Waals surface area contributed by atoms with Crippen LogP contribution < -0.4 is 11.1 Å². The second-order valence-electron chi connectivity index (χ2n) is 4.54. The Hall–Kier alpha value is -1.56. The first-order chi connectivity index (χ1) is 8.33. The Morgan fingerprint density at radius 3 is 2.22 bits per heavy atom. The Morgan fingerprint density at radius 1 is 1.28 bits per heavy atom. The van der Waals surface area contributed by atoms with Gasteiger partial charge in [-0.1, -0.05) is 12.1 Å². The molecule has 0 spiro atoms. The smallest absolute Gasteiger partial charge is 0.386 e. The maximum absolute atomic E-state index is 12.4. The number of benzene rings is 1. The van der Waals surface area contributed by atoms with E-state index in [0.717, 1.165) is 30.5 Å². The van der Waals surface area contributed by atoms with Crippen molar-refractivity contribution in [3.05, 3.63) is 35.4 Å². The fraction of sp³-hybridized carbons (Fsp3) is 0.417. The minimum atomic E-state index is -4.30. The van der Waals surface area contributed by atoms with E-state index in [1.165, 1.54) is 12.1 Å². The van der Waals surface area contributed by atoms with Crippen molar-refractivity contribution >= 4 is 5.84 Å². The van der Waals surface area contributed by atoms with E-state index in [1.807, 2.05) is 0 Å². The molecule has 0 amide bonds. The molecule has 0 aliphatic heterocycles. The topological polar surface area (TPSA) is 61.9 Å². The third-order valence-electron chi connectivity index (χ3n) is 3.18. The Morgan fingerprint density at radius 2 is 1.83 bits per heavy atom. The molecule has 1 aromatic carbocycles. The molecule has 98 valence electrons. The van der Waals surface area contributed by atoms with E-state index in [9.17, 15) is 13.2 Å². The first-order valence-corrected chi connectivity index (χ1v) is 5.59. The van der Waals surface area contributed by atoms with E-state index in [0.29, 0.717) is 6.54 Å². The monoisotopic (exact) mass is 257 g/mol. The molecule has 0 bridgehead atoms. The van der Waals surface area contributed by atoms with Crippen molar-refractivity contribution in [1.82, 2.24) is 5.32 Å². The molecular weight excluding hydrogens is 243 g/mol. The van der Waals surface area contributed by atoms with Crippen LogP contribution in [0.4, 0.5) is 13.2 Å². The quantitative estimate of drug-likeness (QED) is 0.572. The SMILES string of the molecule is N=C(N)C1(NCc2ccc(C(F)(F)F)cc2)CC1. The standard InChI is InChI=1S/C12H14F3N3/c13-12(14,15)9-3-1-8(2-4-9)7-18-11(5-6-11)10(16)17/h1-4,18H,5-7H2,(H3,16,17). The summed E-state index contributed by atoms with van der Waals surface area (Å²) in [7, 11) is 0. The summed E-state index contributed by atoms with van der Waals surface area (Å²) >= 11 is 0. The van der Waals surface area contributed by atoms with Crippen molar-refractivity contribution in [2.45, 2.75) is 31.1 Å². The lowest BCUT2D eigenvalue weighted by Gasteiger charge is -2.15. The van der Waals surface area contributed by atoms with Gasteiger partial charge in [-0.3, -0.25) is 5.41 Å². The van der Waals surface area contributed by atoms with E-state index in [2.05, 4.69) is 5.32 Å². The highest BCUT2D eigenvalue weighted by molar-refractivity contribution is 5.90. The van der Waals surface area contributed by atoms with Gasteiger partial charge in [-0.2, -0.15) is 13.2 Å². The largest absolute Gasteiger partial charge is 0.416 e. The molecule has 6 heteroatoms. The molecule has 1 aliphatic rings. The van der Waals surface area contributed by atoms with Gasteiger partial charge in [0.05, 0.1) is 11.1 Å². The average molecular weight is 257 g/mol. The Balaban J connectivity index is 1.97. The maximum Gasteiger partial charge on any atom is 0.416 e. The highest BCUT2D eigenvalue weighted by Crippen LogP contribution is 2.35. The summed E-state index contributed by atoms with van der Waals surface area (Å²) < 4.78 is 37.1. The Bertz CT molecular complexity index is 447. The predicted molar refractivity (Wildman–Crippen MR) is 62.2 cm³/mol. The zero-order valence-electron chi connectivity index (χ0n) is 9.64. The molecule has 0 saturated heterocycles. The van der Waals surface area contributed by atoms with Crippen LogP contribution >= 0.6 is 0 Å². The van der Waals surface area contributed by atoms with Gasteiger partial charge in [0, 0.05) is 6.54 Å². The fourth-order valence-corrected chi connectivity index (χ4v) is 1.75. The van der Waals surface area contributed by atoms with Crippen molar-refractivity contribution in [2.75, 3.05) is 0 Å². The molecular formula is C12H14F3N3.